The van der Waals surface area contributed by atoms with E-state index in [1.54, 1.807) is 18.6 Å². The number of pyridine rings is 1. The van der Waals surface area contributed by atoms with Crippen LogP contribution in [0.5, 0.6) is 0 Å². The molecule has 5 aromatic rings. The number of rotatable bonds is 6. The van der Waals surface area contributed by atoms with E-state index in [0.29, 0.717) is 17.5 Å². The fourth-order valence-corrected chi connectivity index (χ4v) is 4.96. The number of aromatic nitrogens is 5. The predicted octanol–water partition coefficient (Wildman–Crippen LogP) is 7.21. The zero-order chi connectivity index (χ0) is 30.0. The molecule has 1 aliphatic rings. The first-order chi connectivity index (χ1) is 20.7. The number of benzene rings is 2. The lowest BCUT2D eigenvalue weighted by atomic mass is 9.92. The summed E-state index contributed by atoms with van der Waals surface area (Å²) >= 11 is 0. The number of anilines is 4. The highest BCUT2D eigenvalue weighted by atomic mass is 35.5. The van der Waals surface area contributed by atoms with E-state index in [4.69, 9.17) is 5.10 Å². The van der Waals surface area contributed by atoms with E-state index in [2.05, 4.69) is 75.2 Å². The molecule has 4 N–H and O–H groups in total. The third-order valence-corrected chi connectivity index (χ3v) is 7.40. The number of nitrogens with zero attached hydrogens (tertiary/aromatic N) is 5. The average molecular weight is 647 g/mol. The molecule has 0 saturated carbocycles. The van der Waals surface area contributed by atoms with Gasteiger partial charge in [-0.15, -0.1) is 24.8 Å². The molecule has 0 spiro atoms. The van der Waals surface area contributed by atoms with Crippen molar-refractivity contribution in [1.29, 1.82) is 0 Å². The minimum absolute atomic E-state index is 0. The minimum atomic E-state index is -0.367. The molecule has 2 aromatic carbocycles. The van der Waals surface area contributed by atoms with Gasteiger partial charge in [-0.05, 0) is 79.0 Å². The number of hydrogen-bond donors (Lipinski definition) is 4. The quantitative estimate of drug-likeness (QED) is 0.154. The molecule has 6 rings (SSSR count). The summed E-state index contributed by atoms with van der Waals surface area (Å²) in [6.07, 6.45) is 6.16. The van der Waals surface area contributed by atoms with E-state index in [1.165, 1.54) is 11.1 Å². The van der Waals surface area contributed by atoms with Crippen molar-refractivity contribution in [3.8, 4) is 16.9 Å². The van der Waals surface area contributed by atoms with E-state index in [-0.39, 0.29) is 36.3 Å². The predicted molar refractivity (Wildman–Crippen MR) is 185 cm³/mol. The molecule has 0 atom stereocenters. The van der Waals surface area contributed by atoms with Gasteiger partial charge in [0.05, 0.1) is 17.1 Å². The van der Waals surface area contributed by atoms with Crippen LogP contribution in [0, 0.1) is 6.92 Å². The number of fused-ring (bicyclic) bond motifs is 1. The molecule has 10 nitrogen and oxygen atoms in total. The lowest BCUT2D eigenvalue weighted by molar-refractivity contribution is 0.262. The Kier molecular flexibility index (Phi) is 10.4. The van der Waals surface area contributed by atoms with Gasteiger partial charge in [-0.25, -0.2) is 19.4 Å². The van der Waals surface area contributed by atoms with Crippen molar-refractivity contribution in [2.75, 3.05) is 22.5 Å². The van der Waals surface area contributed by atoms with Crippen molar-refractivity contribution in [2.24, 2.45) is 0 Å². The summed E-state index contributed by atoms with van der Waals surface area (Å²) in [5, 5.41) is 17.6. The molecule has 45 heavy (non-hydrogen) atoms. The Labute approximate surface area is 275 Å². The third-order valence-electron chi connectivity index (χ3n) is 7.40. The topological polar surface area (TPSA) is 122 Å². The van der Waals surface area contributed by atoms with Crippen molar-refractivity contribution < 1.29 is 4.79 Å². The van der Waals surface area contributed by atoms with Crippen molar-refractivity contribution in [3.63, 3.8) is 0 Å². The maximum absolute atomic E-state index is 13.3. The lowest BCUT2D eigenvalue weighted by Crippen LogP contribution is -2.24. The molecule has 12 heteroatoms. The molecule has 2 amide bonds. The summed E-state index contributed by atoms with van der Waals surface area (Å²) in [6, 6.07) is 19.3. The number of aryl methyl sites for hydroxylation is 1. The van der Waals surface area contributed by atoms with Crippen LogP contribution in [-0.2, 0) is 18.4 Å². The Balaban J connectivity index is 0.00000230. The van der Waals surface area contributed by atoms with Crippen LogP contribution in [0.1, 0.15) is 43.2 Å². The number of nitrogens with one attached hydrogen (secondary N) is 4. The molecule has 0 aliphatic carbocycles. The van der Waals surface area contributed by atoms with Crippen LogP contribution in [0.4, 0.5) is 27.9 Å². The van der Waals surface area contributed by atoms with Crippen LogP contribution >= 0.6 is 24.8 Å². The highest BCUT2D eigenvalue weighted by Gasteiger charge is 2.22. The highest BCUT2D eigenvalue weighted by Crippen LogP contribution is 2.29. The first-order valence-electron chi connectivity index (χ1n) is 14.4. The van der Waals surface area contributed by atoms with Gasteiger partial charge in [0.15, 0.2) is 0 Å². The fourth-order valence-electron chi connectivity index (χ4n) is 4.96. The average Bonchev–Trinajstić information content (AvgIpc) is 3.43. The SMILES string of the molecule is Cc1ccc(NC(=O)Nc2cc(C(C)(C)C)nn2-c2ccc3c(c2)CCNC3)cc1Nc1nccc(-c2cccnc2)n1.Cl.Cl. The van der Waals surface area contributed by atoms with Gasteiger partial charge in [-0.1, -0.05) is 32.9 Å². The molecular weight excluding hydrogens is 609 g/mol. The summed E-state index contributed by atoms with van der Waals surface area (Å²) in [5.41, 5.74) is 8.26. The van der Waals surface area contributed by atoms with Crippen LogP contribution in [-0.4, -0.2) is 37.3 Å². The summed E-state index contributed by atoms with van der Waals surface area (Å²) in [5.74, 6) is 1.05. The van der Waals surface area contributed by atoms with E-state index >= 15 is 0 Å². The minimum Gasteiger partial charge on any atom is -0.324 e. The van der Waals surface area contributed by atoms with E-state index in [0.717, 1.165) is 53.4 Å². The van der Waals surface area contributed by atoms with Gasteiger partial charge in [0.2, 0.25) is 5.95 Å². The summed E-state index contributed by atoms with van der Waals surface area (Å²) in [6.45, 7) is 10.1. The largest absolute Gasteiger partial charge is 0.324 e. The number of amides is 2. The van der Waals surface area contributed by atoms with Gasteiger partial charge >= 0.3 is 6.03 Å². The number of urea groups is 1. The van der Waals surface area contributed by atoms with Crippen molar-refractivity contribution in [3.05, 3.63) is 102 Å². The van der Waals surface area contributed by atoms with Gasteiger partial charge < -0.3 is 16.0 Å². The van der Waals surface area contributed by atoms with Crippen molar-refractivity contribution in [1.82, 2.24) is 30.0 Å². The number of carbonyl (C=O) groups is 1. The monoisotopic (exact) mass is 645 g/mol. The molecule has 0 radical (unpaired) electrons. The fraction of sp³-hybridized carbons (Fsp3) is 0.242. The second kappa shape index (κ2) is 14.1. The molecule has 3 aromatic heterocycles. The standard InChI is InChI=1S/C33H35N9O.2ClH/c1-21-7-9-25(17-28(21)39-31-36-15-12-27(38-31)24-6-5-13-34-20-24)37-32(43)40-30-18-29(33(2,3)4)41-42(30)26-10-8-23-19-35-14-11-22(23)16-26;;/h5-10,12-13,15-18,20,35H,11,14,19H2,1-4H3,(H,36,38,39)(H2,37,40,43);2*1H. The summed E-state index contributed by atoms with van der Waals surface area (Å²) in [7, 11) is 0. The van der Waals surface area contributed by atoms with Crippen molar-refractivity contribution >= 4 is 54.0 Å². The molecular formula is C33H37Cl2N9O. The molecule has 234 valence electrons. The molecule has 0 fully saturated rings. The first kappa shape index (κ1) is 33.4. The normalized spacial score (nSPS) is 12.3. The van der Waals surface area contributed by atoms with Gasteiger partial charge in [0.25, 0.3) is 0 Å². The smallest absolute Gasteiger partial charge is 0.324 e. The third kappa shape index (κ3) is 7.78. The first-order valence-corrected chi connectivity index (χ1v) is 14.4. The van der Waals surface area contributed by atoms with E-state index in [9.17, 15) is 4.79 Å². The highest BCUT2D eigenvalue weighted by molar-refractivity contribution is 5.99. The van der Waals surface area contributed by atoms with Crippen LogP contribution < -0.4 is 21.3 Å². The van der Waals surface area contributed by atoms with Crippen molar-refractivity contribution in [2.45, 2.75) is 46.1 Å². The number of halogens is 2. The Morgan fingerprint density at radius 2 is 1.80 bits per heavy atom. The van der Waals surface area contributed by atoms with Crippen LogP contribution in [0.3, 0.4) is 0 Å². The van der Waals surface area contributed by atoms with Gasteiger partial charge in [-0.3, -0.25) is 10.3 Å². The van der Waals surface area contributed by atoms with Gasteiger partial charge in [0.1, 0.15) is 5.82 Å². The van der Waals surface area contributed by atoms with Gasteiger partial charge in [-0.2, -0.15) is 5.10 Å². The van der Waals surface area contributed by atoms with Crippen LogP contribution in [0.2, 0.25) is 0 Å². The molecule has 0 bridgehead atoms. The van der Waals surface area contributed by atoms with Crippen LogP contribution in [0.15, 0.2) is 79.3 Å². The zero-order valence-electron chi connectivity index (χ0n) is 25.6. The molecule has 0 saturated heterocycles. The Bertz CT molecular complexity index is 1790. The molecule has 4 heterocycles. The second-order valence-electron chi connectivity index (χ2n) is 11.7. The Morgan fingerprint density at radius 3 is 2.58 bits per heavy atom. The Morgan fingerprint density at radius 1 is 0.956 bits per heavy atom. The maximum Gasteiger partial charge on any atom is 0.324 e. The van der Waals surface area contributed by atoms with E-state index < -0.39 is 0 Å². The Hall–Kier alpha value is -4.51. The number of hydrogen-bond acceptors (Lipinski definition) is 7. The van der Waals surface area contributed by atoms with Gasteiger partial charge in [0, 0.05) is 53.6 Å². The van der Waals surface area contributed by atoms with E-state index in [1.807, 2.05) is 54.1 Å². The number of carbonyl (C=O) groups excluding carboxylic acids is 1. The second-order valence-corrected chi connectivity index (χ2v) is 11.7. The lowest BCUT2D eigenvalue weighted by Gasteiger charge is -2.19. The summed E-state index contributed by atoms with van der Waals surface area (Å²) in [4.78, 5) is 26.5. The molecule has 1 aliphatic heterocycles. The molecule has 0 unspecified atom stereocenters. The maximum atomic E-state index is 13.3. The van der Waals surface area contributed by atoms with Crippen LogP contribution in [0.25, 0.3) is 16.9 Å². The summed E-state index contributed by atoms with van der Waals surface area (Å²) < 4.78 is 1.82. The zero-order valence-corrected chi connectivity index (χ0v) is 27.2.